The van der Waals surface area contributed by atoms with Crippen LogP contribution in [0.5, 0.6) is 5.75 Å². The molecule has 1 aliphatic rings. The summed E-state index contributed by atoms with van der Waals surface area (Å²) in [5.74, 6) is 0.234. The number of aliphatic hydroxyl groups is 1. The third kappa shape index (κ3) is 10.8. The number of hydrogen-bond donors (Lipinski definition) is 1. The molecule has 0 aromatic heterocycles. The Hall–Kier alpha value is -2.33. The fraction of sp³-hybridized carbons (Fsp3) is 0.536. The van der Waals surface area contributed by atoms with Gasteiger partial charge in [-0.1, -0.05) is 81.9 Å². The largest absolute Gasteiger partial charge is 0.494 e. The van der Waals surface area contributed by atoms with Crippen LogP contribution in [-0.4, -0.2) is 24.0 Å². The molecule has 4 heteroatoms. The monoisotopic (exact) mass is 440 g/mol. The average Bonchev–Trinajstić information content (AvgIpc) is 3.14. The van der Waals surface area contributed by atoms with Gasteiger partial charge in [0.25, 0.3) is 0 Å². The van der Waals surface area contributed by atoms with Crippen LogP contribution in [0.1, 0.15) is 89.5 Å². The highest BCUT2D eigenvalue weighted by molar-refractivity contribution is 5.96. The van der Waals surface area contributed by atoms with Crippen LogP contribution < -0.4 is 4.74 Å². The minimum atomic E-state index is -1.19. The molecular weight excluding hydrogens is 400 g/mol. The minimum absolute atomic E-state index is 0.481. The van der Waals surface area contributed by atoms with E-state index in [0.717, 1.165) is 24.2 Å². The second-order valence-electron chi connectivity index (χ2n) is 8.35. The topological polar surface area (TPSA) is 55.8 Å². The Morgan fingerprint density at radius 2 is 1.62 bits per heavy atom. The molecule has 1 aromatic carbocycles. The summed E-state index contributed by atoms with van der Waals surface area (Å²) in [4.78, 5) is 11.3. The molecule has 0 saturated heterocycles. The number of carbonyl (C=O) groups is 1. The van der Waals surface area contributed by atoms with E-state index in [1.54, 1.807) is 0 Å². The number of aliphatic hydroxyl groups excluding tert-OH is 1. The number of carbonyl (C=O) groups excluding carboxylic acids is 1. The van der Waals surface area contributed by atoms with E-state index in [9.17, 15) is 9.90 Å². The van der Waals surface area contributed by atoms with Crippen LogP contribution in [0, 0.1) is 0 Å². The number of esters is 1. The van der Waals surface area contributed by atoms with Crippen LogP contribution in [0.2, 0.25) is 0 Å². The van der Waals surface area contributed by atoms with Gasteiger partial charge in [-0.05, 0) is 56.2 Å². The van der Waals surface area contributed by atoms with Gasteiger partial charge in [0.05, 0.1) is 6.61 Å². The zero-order valence-corrected chi connectivity index (χ0v) is 19.6. The first-order chi connectivity index (χ1) is 15.7. The Labute approximate surface area is 194 Å². The maximum atomic E-state index is 11.3. The molecule has 0 fully saturated rings. The highest BCUT2D eigenvalue weighted by Crippen LogP contribution is 2.27. The van der Waals surface area contributed by atoms with Gasteiger partial charge < -0.3 is 14.6 Å². The van der Waals surface area contributed by atoms with Crippen LogP contribution in [-0.2, 0) is 9.53 Å². The molecule has 2 rings (SSSR count). The van der Waals surface area contributed by atoms with Gasteiger partial charge in [-0.2, -0.15) is 0 Å². The molecule has 1 aliphatic heterocycles. The molecule has 1 N–H and O–H groups in total. The maximum absolute atomic E-state index is 11.3. The fourth-order valence-electron chi connectivity index (χ4n) is 3.68. The lowest BCUT2D eigenvalue weighted by molar-refractivity contribution is -0.149. The SMILES string of the molecule is CCCCC/C=C\C/C=C\CCCCCCCCOc1cccc(C2=CC(=O)OC2O)c1. The highest BCUT2D eigenvalue weighted by atomic mass is 16.6. The van der Waals surface area contributed by atoms with Crippen LogP contribution in [0.3, 0.4) is 0 Å². The molecule has 0 saturated carbocycles. The molecule has 1 heterocycles. The molecule has 1 atom stereocenters. The lowest BCUT2D eigenvalue weighted by Crippen LogP contribution is -2.09. The highest BCUT2D eigenvalue weighted by Gasteiger charge is 2.25. The van der Waals surface area contributed by atoms with Gasteiger partial charge in [0.15, 0.2) is 0 Å². The summed E-state index contributed by atoms with van der Waals surface area (Å²) in [7, 11) is 0. The molecule has 1 unspecified atom stereocenters. The van der Waals surface area contributed by atoms with Crippen molar-refractivity contribution in [3.8, 4) is 5.75 Å². The van der Waals surface area contributed by atoms with Gasteiger partial charge in [-0.15, -0.1) is 0 Å². The van der Waals surface area contributed by atoms with Crippen molar-refractivity contribution in [2.45, 2.75) is 90.3 Å². The molecule has 176 valence electrons. The number of cyclic esters (lactones) is 1. The summed E-state index contributed by atoms with van der Waals surface area (Å²) in [5.41, 5.74) is 1.23. The lowest BCUT2D eigenvalue weighted by Gasteiger charge is -2.10. The van der Waals surface area contributed by atoms with E-state index in [2.05, 4.69) is 31.2 Å². The molecule has 0 spiro atoms. The van der Waals surface area contributed by atoms with Gasteiger partial charge in [-0.3, -0.25) is 0 Å². The molecule has 0 aliphatic carbocycles. The standard InChI is InChI=1S/C28H40O4/c1-2-3-4-5-6-7-8-9-10-11-12-13-14-15-16-17-21-31-25-20-18-19-24(22-25)26-23-27(29)32-28(26)30/h6-7,9-10,18-20,22-23,28,30H,2-5,8,11-17,21H2,1H3/b7-6-,10-9-. The van der Waals surface area contributed by atoms with Crippen molar-refractivity contribution in [1.29, 1.82) is 0 Å². The van der Waals surface area contributed by atoms with Crippen molar-refractivity contribution in [2.24, 2.45) is 0 Å². The minimum Gasteiger partial charge on any atom is -0.494 e. The first-order valence-corrected chi connectivity index (χ1v) is 12.3. The summed E-state index contributed by atoms with van der Waals surface area (Å²) < 4.78 is 10.6. The van der Waals surface area contributed by atoms with Crippen LogP contribution in [0.25, 0.3) is 5.57 Å². The molecule has 32 heavy (non-hydrogen) atoms. The Kier molecular flexibility index (Phi) is 13.2. The Bertz CT molecular complexity index is 748. The van der Waals surface area contributed by atoms with Crippen LogP contribution in [0.15, 0.2) is 54.6 Å². The molecule has 0 bridgehead atoms. The van der Waals surface area contributed by atoms with Crippen molar-refractivity contribution < 1.29 is 19.4 Å². The van der Waals surface area contributed by atoms with E-state index in [1.807, 2.05) is 24.3 Å². The second-order valence-corrected chi connectivity index (χ2v) is 8.35. The first kappa shape index (κ1) is 25.9. The van der Waals surface area contributed by atoms with Gasteiger partial charge in [0.2, 0.25) is 6.29 Å². The van der Waals surface area contributed by atoms with Crippen molar-refractivity contribution in [1.82, 2.24) is 0 Å². The number of hydrogen-bond acceptors (Lipinski definition) is 4. The molecule has 4 nitrogen and oxygen atoms in total. The Morgan fingerprint density at radius 1 is 0.938 bits per heavy atom. The third-order valence-electron chi connectivity index (χ3n) is 5.55. The van der Waals surface area contributed by atoms with Crippen molar-refractivity contribution in [2.75, 3.05) is 6.61 Å². The Balaban J connectivity index is 1.45. The van der Waals surface area contributed by atoms with E-state index in [-0.39, 0.29) is 0 Å². The number of ether oxygens (including phenoxy) is 2. The van der Waals surface area contributed by atoms with Crippen LogP contribution >= 0.6 is 0 Å². The van der Waals surface area contributed by atoms with Crippen molar-refractivity contribution >= 4 is 11.5 Å². The summed E-state index contributed by atoms with van der Waals surface area (Å²) >= 11 is 0. The summed E-state index contributed by atoms with van der Waals surface area (Å²) in [6, 6.07) is 7.43. The average molecular weight is 441 g/mol. The summed E-state index contributed by atoms with van der Waals surface area (Å²) in [6.07, 6.45) is 24.1. The lowest BCUT2D eigenvalue weighted by atomic mass is 10.1. The molecule has 0 radical (unpaired) electrons. The predicted octanol–water partition coefficient (Wildman–Crippen LogP) is 7.14. The first-order valence-electron chi connectivity index (χ1n) is 12.3. The molecular formula is C28H40O4. The smallest absolute Gasteiger partial charge is 0.333 e. The zero-order valence-electron chi connectivity index (χ0n) is 19.6. The molecule has 1 aromatic rings. The summed E-state index contributed by atoms with van der Waals surface area (Å²) in [6.45, 7) is 2.92. The normalized spacial score (nSPS) is 16.1. The number of rotatable bonds is 17. The van der Waals surface area contributed by atoms with E-state index < -0.39 is 12.3 Å². The fourth-order valence-corrected chi connectivity index (χ4v) is 3.68. The Morgan fingerprint density at radius 3 is 2.31 bits per heavy atom. The number of unbranched alkanes of at least 4 members (excludes halogenated alkanes) is 9. The molecule has 0 amide bonds. The van der Waals surface area contributed by atoms with Gasteiger partial charge in [0.1, 0.15) is 5.75 Å². The van der Waals surface area contributed by atoms with Gasteiger partial charge >= 0.3 is 5.97 Å². The predicted molar refractivity (Wildman–Crippen MR) is 131 cm³/mol. The third-order valence-corrected chi connectivity index (χ3v) is 5.55. The number of allylic oxidation sites excluding steroid dienone is 4. The van der Waals surface area contributed by atoms with Crippen molar-refractivity contribution in [3.63, 3.8) is 0 Å². The van der Waals surface area contributed by atoms with Crippen molar-refractivity contribution in [3.05, 3.63) is 60.2 Å². The summed E-state index contributed by atoms with van der Waals surface area (Å²) in [5, 5.41) is 9.78. The zero-order chi connectivity index (χ0) is 22.9. The quantitative estimate of drug-likeness (QED) is 0.159. The van der Waals surface area contributed by atoms with Crippen LogP contribution in [0.4, 0.5) is 0 Å². The second kappa shape index (κ2) is 16.3. The van der Waals surface area contributed by atoms with E-state index in [1.165, 1.54) is 70.3 Å². The number of benzene rings is 1. The van der Waals surface area contributed by atoms with E-state index in [4.69, 9.17) is 9.47 Å². The van der Waals surface area contributed by atoms with Gasteiger partial charge in [-0.25, -0.2) is 4.79 Å². The van der Waals surface area contributed by atoms with E-state index >= 15 is 0 Å². The maximum Gasteiger partial charge on any atom is 0.333 e. The van der Waals surface area contributed by atoms with E-state index in [0.29, 0.717) is 12.2 Å². The van der Waals surface area contributed by atoms with Gasteiger partial charge in [0, 0.05) is 11.6 Å².